The number of pyridine rings is 1. The molecule has 0 spiro atoms. The average molecular weight is 496 g/mol. The van der Waals surface area contributed by atoms with Gasteiger partial charge in [0, 0.05) is 0 Å². The van der Waals surface area contributed by atoms with Crippen molar-refractivity contribution in [2.45, 2.75) is 36.5 Å². The molecule has 0 saturated heterocycles. The van der Waals surface area contributed by atoms with Crippen molar-refractivity contribution in [3.05, 3.63) is 96.2 Å². The summed E-state index contributed by atoms with van der Waals surface area (Å²) in [5.41, 5.74) is 4.95. The van der Waals surface area contributed by atoms with Crippen LogP contribution in [-0.2, 0) is 5.41 Å². The van der Waals surface area contributed by atoms with E-state index in [1.54, 1.807) is 0 Å². The molecule has 0 N–H and O–H groups in total. The molecule has 0 saturated carbocycles. The van der Waals surface area contributed by atoms with E-state index in [0.29, 0.717) is 0 Å². The Hall–Kier alpha value is -2.43. The van der Waals surface area contributed by atoms with E-state index in [1.165, 1.54) is 41.3 Å². The predicted molar refractivity (Wildman–Crippen MR) is 144 cm³/mol. The van der Waals surface area contributed by atoms with Crippen molar-refractivity contribution in [1.82, 2.24) is 4.98 Å². The quantitative estimate of drug-likeness (QED) is 0.230. The number of hydrogen-bond acceptors (Lipinski definition) is 2. The molecule has 0 aliphatic rings. The third kappa shape index (κ3) is 3.70. The topological polar surface area (TPSA) is 12.9 Å². The number of fused-ring (bicyclic) bond motifs is 3. The van der Waals surface area contributed by atoms with Crippen LogP contribution in [0.25, 0.3) is 31.4 Å². The van der Waals surface area contributed by atoms with Crippen LogP contribution in [0.2, 0.25) is 17.3 Å². The normalized spacial score (nSPS) is 12.5. The van der Waals surface area contributed by atoms with Gasteiger partial charge in [0.2, 0.25) is 0 Å². The fraction of sp³-hybridized carbons (Fsp3) is 0.207. The number of hydrogen-bond donors (Lipinski definition) is 0. The molecule has 3 heteroatoms. The van der Waals surface area contributed by atoms with Gasteiger partial charge in [-0.25, -0.2) is 0 Å². The Morgan fingerprint density at radius 1 is 0.750 bits per heavy atom. The molecule has 0 atom stereocenters. The SMILES string of the molecule is CC(C)(c1ccccc1)c1ccc2sc3c(-c4cc[c]([Ge]([CH3])([CH3])[CH3])cn4)cccc3c2c1. The van der Waals surface area contributed by atoms with E-state index in [-0.39, 0.29) is 5.41 Å². The van der Waals surface area contributed by atoms with Crippen LogP contribution in [0.4, 0.5) is 0 Å². The Kier molecular flexibility index (Phi) is 5.26. The number of nitrogens with zero attached hydrogens (tertiary/aromatic N) is 1. The van der Waals surface area contributed by atoms with Crippen molar-refractivity contribution in [1.29, 1.82) is 0 Å². The first-order valence-electron chi connectivity index (χ1n) is 11.2. The molecule has 1 nitrogen and oxygen atoms in total. The summed E-state index contributed by atoms with van der Waals surface area (Å²) in [5.74, 6) is 7.24. The van der Waals surface area contributed by atoms with E-state index in [1.807, 2.05) is 11.3 Å². The first-order valence-corrected chi connectivity index (χ1v) is 19.4. The van der Waals surface area contributed by atoms with Gasteiger partial charge in [-0.3, -0.25) is 0 Å². The van der Waals surface area contributed by atoms with Gasteiger partial charge in [-0.15, -0.1) is 0 Å². The molecular formula is C29H29GeNS. The Labute approximate surface area is 197 Å². The maximum absolute atomic E-state index is 4.89. The van der Waals surface area contributed by atoms with E-state index < -0.39 is 13.3 Å². The van der Waals surface area contributed by atoms with Crippen molar-refractivity contribution in [3.8, 4) is 11.3 Å². The third-order valence-corrected chi connectivity index (χ3v) is 12.1. The zero-order valence-electron chi connectivity index (χ0n) is 19.4. The number of thiophene rings is 1. The molecule has 0 aliphatic carbocycles. The van der Waals surface area contributed by atoms with Crippen molar-refractivity contribution in [2.75, 3.05) is 0 Å². The fourth-order valence-corrected chi connectivity index (χ4v) is 7.78. The van der Waals surface area contributed by atoms with Crippen LogP contribution in [0.15, 0.2) is 85.1 Å². The minimum atomic E-state index is -1.86. The average Bonchev–Trinajstić information content (AvgIpc) is 3.17. The van der Waals surface area contributed by atoms with Crippen molar-refractivity contribution < 1.29 is 0 Å². The van der Waals surface area contributed by atoms with Gasteiger partial charge >= 0.3 is 168 Å². The molecule has 2 aromatic heterocycles. The molecule has 3 aromatic carbocycles. The molecule has 160 valence electrons. The summed E-state index contributed by atoms with van der Waals surface area (Å²) < 4.78 is 4.11. The van der Waals surface area contributed by atoms with Crippen molar-refractivity contribution in [2.24, 2.45) is 0 Å². The summed E-state index contributed by atoms with van der Waals surface area (Å²) in [6.07, 6.45) is 2.11. The fourth-order valence-electron chi connectivity index (χ4n) is 4.41. The molecular weight excluding hydrogens is 467 g/mol. The van der Waals surface area contributed by atoms with Gasteiger partial charge in [-0.2, -0.15) is 0 Å². The van der Waals surface area contributed by atoms with Gasteiger partial charge in [-0.05, 0) is 0 Å². The van der Waals surface area contributed by atoms with Gasteiger partial charge in [-0.1, -0.05) is 30.3 Å². The van der Waals surface area contributed by atoms with Crippen LogP contribution < -0.4 is 4.40 Å². The Morgan fingerprint density at radius 2 is 1.53 bits per heavy atom. The Bertz CT molecular complexity index is 1410. The van der Waals surface area contributed by atoms with Gasteiger partial charge in [0.1, 0.15) is 0 Å². The molecule has 0 amide bonds. The van der Waals surface area contributed by atoms with E-state index in [2.05, 4.69) is 116 Å². The van der Waals surface area contributed by atoms with Gasteiger partial charge in [0.05, 0.1) is 0 Å². The summed E-state index contributed by atoms with van der Waals surface area (Å²) in [6.45, 7) is 4.63. The molecule has 0 fully saturated rings. The van der Waals surface area contributed by atoms with Gasteiger partial charge in [0.15, 0.2) is 0 Å². The molecule has 0 unspecified atom stereocenters. The van der Waals surface area contributed by atoms with E-state index in [4.69, 9.17) is 4.98 Å². The van der Waals surface area contributed by atoms with Crippen LogP contribution in [-0.4, -0.2) is 18.3 Å². The summed E-state index contributed by atoms with van der Waals surface area (Å²) in [5, 5.41) is 2.67. The molecule has 2 heterocycles. The zero-order chi connectivity index (χ0) is 22.5. The molecule has 32 heavy (non-hydrogen) atoms. The molecule has 5 aromatic rings. The summed E-state index contributed by atoms with van der Waals surface area (Å²) in [7, 11) is 0. The molecule has 0 bridgehead atoms. The van der Waals surface area contributed by atoms with E-state index in [9.17, 15) is 0 Å². The van der Waals surface area contributed by atoms with Crippen LogP contribution in [0.3, 0.4) is 0 Å². The van der Waals surface area contributed by atoms with Crippen LogP contribution in [0.5, 0.6) is 0 Å². The summed E-state index contributed by atoms with van der Waals surface area (Å²) >= 11 is 0.0200. The van der Waals surface area contributed by atoms with E-state index >= 15 is 0 Å². The second-order valence-electron chi connectivity index (χ2n) is 10.2. The second-order valence-corrected chi connectivity index (χ2v) is 21.9. The Balaban J connectivity index is 1.64. The van der Waals surface area contributed by atoms with Gasteiger partial charge < -0.3 is 0 Å². The second kappa shape index (κ2) is 7.86. The molecule has 0 radical (unpaired) electrons. The first-order chi connectivity index (χ1) is 15.2. The Morgan fingerprint density at radius 3 is 2.22 bits per heavy atom. The van der Waals surface area contributed by atoms with Crippen molar-refractivity contribution >= 4 is 49.2 Å². The number of aromatic nitrogens is 1. The van der Waals surface area contributed by atoms with Crippen LogP contribution >= 0.6 is 11.3 Å². The maximum atomic E-state index is 4.89. The zero-order valence-corrected chi connectivity index (χ0v) is 22.4. The summed E-state index contributed by atoms with van der Waals surface area (Å²) in [6, 6.07) is 29.0. The third-order valence-electron chi connectivity index (χ3n) is 6.62. The van der Waals surface area contributed by atoms with Crippen LogP contribution in [0, 0.1) is 0 Å². The summed E-state index contributed by atoms with van der Waals surface area (Å²) in [4.78, 5) is 4.89. The van der Waals surface area contributed by atoms with E-state index in [0.717, 1.165) is 5.69 Å². The number of rotatable bonds is 4. The van der Waals surface area contributed by atoms with Crippen molar-refractivity contribution in [3.63, 3.8) is 0 Å². The van der Waals surface area contributed by atoms with Crippen LogP contribution in [0.1, 0.15) is 25.0 Å². The first kappa shape index (κ1) is 21.4. The predicted octanol–water partition coefficient (Wildman–Crippen LogP) is 7.99. The number of benzene rings is 3. The standard InChI is InChI=1S/C29H29GeNS/c1-29(2,20-10-7-6-8-11-20)21-14-17-27-25(18-21)23-12-9-13-24(28(23)32-27)26-16-15-22(19-31-26)30(3,4)5/h6-19H,1-5H3. The monoisotopic (exact) mass is 497 g/mol. The minimum absolute atomic E-state index is 0.0447. The van der Waals surface area contributed by atoms with Gasteiger partial charge in [0.25, 0.3) is 0 Å². The molecule has 5 rings (SSSR count). The molecule has 0 aliphatic heterocycles.